The van der Waals surface area contributed by atoms with Crippen LogP contribution < -0.4 is 5.73 Å². The molecule has 0 amide bonds. The number of hydrogen-bond acceptors (Lipinski definition) is 2. The first-order valence-electron chi connectivity index (χ1n) is 3.65. The Morgan fingerprint density at radius 3 is 2.45 bits per heavy atom. The van der Waals surface area contributed by atoms with E-state index in [9.17, 15) is 0 Å². The highest BCUT2D eigenvalue weighted by molar-refractivity contribution is 5.58. The normalized spacial score (nSPS) is 7.82. The fourth-order valence-electron chi connectivity index (χ4n) is 0.553. The zero-order valence-corrected chi connectivity index (χ0v) is 7.04. The van der Waals surface area contributed by atoms with E-state index in [1.807, 2.05) is 26.0 Å². The van der Waals surface area contributed by atoms with Gasteiger partial charge in [-0.05, 0) is 12.1 Å². The molecule has 1 aromatic rings. The fourth-order valence-corrected chi connectivity index (χ4v) is 0.553. The molecule has 0 aromatic carbocycles. The Morgan fingerprint density at radius 1 is 1.55 bits per heavy atom. The Labute approximate surface area is 67.8 Å². The van der Waals surface area contributed by atoms with Crippen molar-refractivity contribution in [3.8, 4) is 0 Å². The summed E-state index contributed by atoms with van der Waals surface area (Å²) in [4.78, 5) is 3.87. The molecule has 0 bridgehead atoms. The number of nitrogens with two attached hydrogens (primary N) is 1. The summed E-state index contributed by atoms with van der Waals surface area (Å²) >= 11 is 0. The van der Waals surface area contributed by atoms with Crippen LogP contribution in [0.1, 0.15) is 19.4 Å². The van der Waals surface area contributed by atoms with Gasteiger partial charge in [0.1, 0.15) is 0 Å². The van der Waals surface area contributed by atoms with Gasteiger partial charge in [0.05, 0.1) is 0 Å². The van der Waals surface area contributed by atoms with E-state index < -0.39 is 0 Å². The quantitative estimate of drug-likeness (QED) is 0.665. The molecule has 0 fully saturated rings. The van der Waals surface area contributed by atoms with Gasteiger partial charge in [0.15, 0.2) is 0 Å². The van der Waals surface area contributed by atoms with Crippen molar-refractivity contribution in [3.05, 3.63) is 36.7 Å². The van der Waals surface area contributed by atoms with Gasteiger partial charge in [-0.1, -0.05) is 20.4 Å². The van der Waals surface area contributed by atoms with Crippen molar-refractivity contribution in [1.29, 1.82) is 0 Å². The number of hydrogen-bond donors (Lipinski definition) is 1. The molecule has 2 nitrogen and oxygen atoms in total. The van der Waals surface area contributed by atoms with Crippen molar-refractivity contribution in [1.82, 2.24) is 4.98 Å². The standard InChI is InChI=1S/C7H8N2.C2H6/c1-6(8)7-3-2-4-9-5-7;1-2/h2-5H,1,8H2;1-2H3. The summed E-state index contributed by atoms with van der Waals surface area (Å²) in [5, 5.41) is 0. The van der Waals surface area contributed by atoms with Crippen molar-refractivity contribution in [2.75, 3.05) is 0 Å². The molecule has 0 aliphatic heterocycles. The first-order valence-corrected chi connectivity index (χ1v) is 3.65. The number of rotatable bonds is 1. The lowest BCUT2D eigenvalue weighted by Gasteiger charge is -1.94. The van der Waals surface area contributed by atoms with E-state index in [0.29, 0.717) is 5.70 Å². The van der Waals surface area contributed by atoms with Crippen LogP contribution in [0, 0.1) is 0 Å². The van der Waals surface area contributed by atoms with Gasteiger partial charge in [-0.25, -0.2) is 0 Å². The van der Waals surface area contributed by atoms with E-state index in [0.717, 1.165) is 5.56 Å². The molecule has 1 aromatic heterocycles. The maximum atomic E-state index is 5.38. The van der Waals surface area contributed by atoms with Gasteiger partial charge in [0, 0.05) is 23.7 Å². The Bertz CT molecular complexity index is 204. The van der Waals surface area contributed by atoms with Crippen LogP contribution in [0.4, 0.5) is 0 Å². The van der Waals surface area contributed by atoms with E-state index in [1.165, 1.54) is 0 Å². The average Bonchev–Trinajstić information content (AvgIpc) is 2.10. The maximum absolute atomic E-state index is 5.38. The van der Waals surface area contributed by atoms with Gasteiger partial charge in [-0.3, -0.25) is 4.98 Å². The molecule has 0 saturated carbocycles. The third-order valence-electron chi connectivity index (χ3n) is 1.03. The summed E-state index contributed by atoms with van der Waals surface area (Å²) in [7, 11) is 0. The van der Waals surface area contributed by atoms with Crippen LogP contribution in [0.2, 0.25) is 0 Å². The molecule has 1 heterocycles. The lowest BCUT2D eigenvalue weighted by molar-refractivity contribution is 1.30. The summed E-state index contributed by atoms with van der Waals surface area (Å²) < 4.78 is 0. The molecule has 0 atom stereocenters. The molecule has 0 spiro atoms. The minimum Gasteiger partial charge on any atom is -0.399 e. The molecular weight excluding hydrogens is 136 g/mol. The molecule has 2 N–H and O–H groups in total. The van der Waals surface area contributed by atoms with Crippen LogP contribution in [0.5, 0.6) is 0 Å². The minimum absolute atomic E-state index is 0.558. The van der Waals surface area contributed by atoms with Crippen molar-refractivity contribution in [2.24, 2.45) is 5.73 Å². The van der Waals surface area contributed by atoms with E-state index in [2.05, 4.69) is 11.6 Å². The second-order valence-corrected chi connectivity index (χ2v) is 1.77. The van der Waals surface area contributed by atoms with Crippen molar-refractivity contribution in [3.63, 3.8) is 0 Å². The van der Waals surface area contributed by atoms with Crippen LogP contribution in [-0.2, 0) is 0 Å². The second-order valence-electron chi connectivity index (χ2n) is 1.77. The second kappa shape index (κ2) is 5.47. The predicted molar refractivity (Wildman–Crippen MR) is 48.8 cm³/mol. The lowest BCUT2D eigenvalue weighted by Crippen LogP contribution is -1.93. The van der Waals surface area contributed by atoms with Crippen LogP contribution in [-0.4, -0.2) is 4.98 Å². The van der Waals surface area contributed by atoms with Crippen molar-refractivity contribution < 1.29 is 0 Å². The molecule has 0 aliphatic carbocycles. The Balaban J connectivity index is 0.000000461. The third kappa shape index (κ3) is 3.40. The van der Waals surface area contributed by atoms with Gasteiger partial charge in [-0.2, -0.15) is 0 Å². The van der Waals surface area contributed by atoms with E-state index in [1.54, 1.807) is 12.4 Å². The first-order chi connectivity index (χ1) is 5.30. The highest BCUT2D eigenvalue weighted by Gasteiger charge is 1.88. The zero-order valence-electron chi connectivity index (χ0n) is 7.04. The summed E-state index contributed by atoms with van der Waals surface area (Å²) in [6.07, 6.45) is 3.38. The minimum atomic E-state index is 0.558. The molecule has 1 rings (SSSR count). The summed E-state index contributed by atoms with van der Waals surface area (Å²) in [5.41, 5.74) is 6.82. The summed E-state index contributed by atoms with van der Waals surface area (Å²) in [6.45, 7) is 7.56. The van der Waals surface area contributed by atoms with Crippen LogP contribution in [0.25, 0.3) is 5.70 Å². The molecule has 0 aliphatic rings. The SMILES string of the molecule is C=C(N)c1cccnc1.CC. The predicted octanol–water partition coefficient (Wildman–Crippen LogP) is 2.04. The Hall–Kier alpha value is -1.31. The van der Waals surface area contributed by atoms with Crippen LogP contribution >= 0.6 is 0 Å². The molecule has 11 heavy (non-hydrogen) atoms. The van der Waals surface area contributed by atoms with Gasteiger partial charge >= 0.3 is 0 Å². The van der Waals surface area contributed by atoms with Crippen LogP contribution in [0.15, 0.2) is 31.1 Å². The monoisotopic (exact) mass is 150 g/mol. The number of aromatic nitrogens is 1. The zero-order chi connectivity index (χ0) is 8.69. The van der Waals surface area contributed by atoms with Gasteiger partial charge in [0.25, 0.3) is 0 Å². The fraction of sp³-hybridized carbons (Fsp3) is 0.222. The molecular formula is C9H14N2. The molecule has 0 radical (unpaired) electrons. The van der Waals surface area contributed by atoms with Crippen molar-refractivity contribution >= 4 is 5.70 Å². The van der Waals surface area contributed by atoms with Gasteiger partial charge in [-0.15, -0.1) is 0 Å². The third-order valence-corrected chi connectivity index (χ3v) is 1.03. The van der Waals surface area contributed by atoms with Gasteiger partial charge in [0.2, 0.25) is 0 Å². The van der Waals surface area contributed by atoms with E-state index in [4.69, 9.17) is 5.73 Å². The number of pyridine rings is 1. The molecule has 2 heteroatoms. The van der Waals surface area contributed by atoms with E-state index in [-0.39, 0.29) is 0 Å². The number of nitrogens with zero attached hydrogens (tertiary/aromatic N) is 1. The maximum Gasteiger partial charge on any atom is 0.0360 e. The van der Waals surface area contributed by atoms with Crippen molar-refractivity contribution in [2.45, 2.75) is 13.8 Å². The first kappa shape index (κ1) is 9.69. The molecule has 60 valence electrons. The Morgan fingerprint density at radius 2 is 2.18 bits per heavy atom. The molecule has 0 saturated heterocycles. The highest BCUT2D eigenvalue weighted by Crippen LogP contribution is 2.01. The Kier molecular flexibility index (Phi) is 4.82. The summed E-state index contributed by atoms with van der Waals surface area (Å²) in [5.74, 6) is 0. The highest BCUT2D eigenvalue weighted by atomic mass is 14.6. The lowest BCUT2D eigenvalue weighted by atomic mass is 10.2. The van der Waals surface area contributed by atoms with E-state index >= 15 is 0 Å². The van der Waals surface area contributed by atoms with Crippen LogP contribution in [0.3, 0.4) is 0 Å². The summed E-state index contributed by atoms with van der Waals surface area (Å²) in [6, 6.07) is 3.70. The molecule has 0 unspecified atom stereocenters. The largest absolute Gasteiger partial charge is 0.399 e. The van der Waals surface area contributed by atoms with Gasteiger partial charge < -0.3 is 5.73 Å². The average molecular weight is 150 g/mol. The smallest absolute Gasteiger partial charge is 0.0360 e. The topological polar surface area (TPSA) is 38.9 Å².